The Kier molecular flexibility index (Phi) is 4.96. The van der Waals surface area contributed by atoms with Gasteiger partial charge in [0.1, 0.15) is 11.6 Å². The van der Waals surface area contributed by atoms with Gasteiger partial charge in [-0.1, -0.05) is 66.2 Å². The van der Waals surface area contributed by atoms with Crippen LogP contribution < -0.4 is 4.90 Å². The maximum absolute atomic E-state index is 14.8. The van der Waals surface area contributed by atoms with E-state index in [1.807, 2.05) is 26.0 Å². The van der Waals surface area contributed by atoms with E-state index in [1.54, 1.807) is 48.5 Å². The smallest absolute Gasteiger partial charge is 0.300 e. The van der Waals surface area contributed by atoms with E-state index in [0.29, 0.717) is 11.3 Å². The van der Waals surface area contributed by atoms with Crippen molar-refractivity contribution in [2.24, 2.45) is 0 Å². The van der Waals surface area contributed by atoms with Crippen molar-refractivity contribution in [3.05, 3.63) is 106 Å². The molecule has 5 heteroatoms. The van der Waals surface area contributed by atoms with Crippen molar-refractivity contribution in [1.82, 2.24) is 0 Å². The number of carbonyl (C=O) groups is 2. The monoisotopic (exact) mass is 401 g/mol. The highest BCUT2D eigenvalue weighted by atomic mass is 19.1. The van der Waals surface area contributed by atoms with E-state index in [4.69, 9.17) is 0 Å². The zero-order valence-corrected chi connectivity index (χ0v) is 16.6. The van der Waals surface area contributed by atoms with Gasteiger partial charge in [0.2, 0.25) is 0 Å². The molecule has 0 aliphatic carbocycles. The maximum atomic E-state index is 14.8. The Bertz CT molecular complexity index is 1180. The molecular weight excluding hydrogens is 381 g/mol. The molecule has 1 aliphatic rings. The molecule has 0 bridgehead atoms. The van der Waals surface area contributed by atoms with Crippen molar-refractivity contribution in [3.8, 4) is 0 Å². The minimum Gasteiger partial charge on any atom is -0.507 e. The van der Waals surface area contributed by atoms with Gasteiger partial charge in [0.15, 0.2) is 0 Å². The molecule has 0 aromatic heterocycles. The molecule has 1 N–H and O–H groups in total. The van der Waals surface area contributed by atoms with E-state index in [9.17, 15) is 19.1 Å². The molecule has 1 atom stereocenters. The number of nitrogens with zero attached hydrogens (tertiary/aromatic N) is 1. The molecule has 0 saturated carbocycles. The number of Topliss-reactive ketones (excluding diaryl/α,β-unsaturated/α-hetero) is 1. The number of hydrogen-bond donors (Lipinski definition) is 1. The van der Waals surface area contributed by atoms with E-state index in [0.717, 1.165) is 11.1 Å². The normalized spacial score (nSPS) is 18.1. The van der Waals surface area contributed by atoms with Gasteiger partial charge >= 0.3 is 0 Å². The van der Waals surface area contributed by atoms with Gasteiger partial charge in [-0.05, 0) is 31.5 Å². The van der Waals surface area contributed by atoms with E-state index < -0.39 is 23.5 Å². The first-order valence-corrected chi connectivity index (χ1v) is 9.58. The minimum atomic E-state index is -1.08. The van der Waals surface area contributed by atoms with Crippen LogP contribution in [0.2, 0.25) is 0 Å². The highest BCUT2D eigenvalue weighted by molar-refractivity contribution is 6.51. The molecular formula is C25H20FNO3. The molecule has 4 nitrogen and oxygen atoms in total. The molecule has 1 amide bonds. The number of aliphatic hydroxyl groups excluding tert-OH is 1. The number of halogens is 1. The van der Waals surface area contributed by atoms with E-state index in [1.165, 1.54) is 17.0 Å². The van der Waals surface area contributed by atoms with Crippen LogP contribution in [0.4, 0.5) is 10.1 Å². The summed E-state index contributed by atoms with van der Waals surface area (Å²) in [6.07, 6.45) is 0. The number of benzene rings is 3. The van der Waals surface area contributed by atoms with E-state index >= 15 is 0 Å². The fourth-order valence-corrected chi connectivity index (χ4v) is 3.77. The van der Waals surface area contributed by atoms with Crippen LogP contribution in [-0.2, 0) is 9.59 Å². The van der Waals surface area contributed by atoms with Crippen LogP contribution in [0.25, 0.3) is 5.76 Å². The second-order valence-corrected chi connectivity index (χ2v) is 7.34. The van der Waals surface area contributed by atoms with Gasteiger partial charge < -0.3 is 5.11 Å². The molecule has 4 rings (SSSR count). The second kappa shape index (κ2) is 7.59. The Hall–Kier alpha value is -3.73. The van der Waals surface area contributed by atoms with Gasteiger partial charge in [-0.2, -0.15) is 0 Å². The van der Waals surface area contributed by atoms with Gasteiger partial charge in [0, 0.05) is 16.8 Å². The number of aliphatic hydroxyl groups is 1. The molecule has 0 spiro atoms. The third-order valence-electron chi connectivity index (χ3n) is 5.34. The predicted octanol–water partition coefficient (Wildman–Crippen LogP) is 5.07. The van der Waals surface area contributed by atoms with Gasteiger partial charge in [-0.15, -0.1) is 0 Å². The molecule has 1 heterocycles. The highest BCUT2D eigenvalue weighted by Gasteiger charge is 2.48. The summed E-state index contributed by atoms with van der Waals surface area (Å²) in [6, 6.07) is 18.9. The average molecular weight is 401 g/mol. The summed E-state index contributed by atoms with van der Waals surface area (Å²) in [4.78, 5) is 27.4. The number of aryl methyl sites for hydroxylation is 2. The van der Waals surface area contributed by atoms with E-state index in [2.05, 4.69) is 0 Å². The first kappa shape index (κ1) is 19.6. The number of carbonyl (C=O) groups excluding carboxylic acids is 2. The Morgan fingerprint density at radius 2 is 1.53 bits per heavy atom. The lowest BCUT2D eigenvalue weighted by atomic mass is 9.94. The molecule has 0 radical (unpaired) electrons. The lowest BCUT2D eigenvalue weighted by Crippen LogP contribution is -2.30. The zero-order chi connectivity index (χ0) is 21.4. The number of anilines is 1. The number of hydrogen-bond acceptors (Lipinski definition) is 3. The van der Waals surface area contributed by atoms with Crippen molar-refractivity contribution in [2.45, 2.75) is 19.9 Å². The number of ketones is 1. The SMILES string of the molecule is Cc1ccc(/C(O)=C2\C(=O)C(=O)N(c3ccccc3C)C2c2ccccc2F)cc1. The fourth-order valence-electron chi connectivity index (χ4n) is 3.77. The summed E-state index contributed by atoms with van der Waals surface area (Å²) in [5.74, 6) is -2.52. The third kappa shape index (κ3) is 3.18. The fraction of sp³-hybridized carbons (Fsp3) is 0.120. The molecule has 1 aliphatic heterocycles. The van der Waals surface area contributed by atoms with Crippen molar-refractivity contribution < 1.29 is 19.1 Å². The largest absolute Gasteiger partial charge is 0.507 e. The molecule has 1 fully saturated rings. The molecule has 3 aromatic rings. The maximum Gasteiger partial charge on any atom is 0.300 e. The Balaban J connectivity index is 1.99. The molecule has 30 heavy (non-hydrogen) atoms. The van der Waals surface area contributed by atoms with Gasteiger partial charge in [0.25, 0.3) is 11.7 Å². The van der Waals surface area contributed by atoms with Crippen LogP contribution in [0.3, 0.4) is 0 Å². The van der Waals surface area contributed by atoms with Crippen LogP contribution in [-0.4, -0.2) is 16.8 Å². The second-order valence-electron chi connectivity index (χ2n) is 7.34. The number of rotatable bonds is 3. The lowest BCUT2D eigenvalue weighted by Gasteiger charge is -2.27. The molecule has 150 valence electrons. The Morgan fingerprint density at radius 1 is 0.900 bits per heavy atom. The number of para-hydroxylation sites is 1. The topological polar surface area (TPSA) is 57.6 Å². The average Bonchev–Trinajstić information content (AvgIpc) is 2.99. The third-order valence-corrected chi connectivity index (χ3v) is 5.34. The Morgan fingerprint density at radius 3 is 2.20 bits per heavy atom. The summed E-state index contributed by atoms with van der Waals surface area (Å²) >= 11 is 0. The van der Waals surface area contributed by atoms with Crippen LogP contribution in [0.15, 0.2) is 78.4 Å². The molecule has 1 saturated heterocycles. The van der Waals surface area contributed by atoms with Crippen LogP contribution in [0.5, 0.6) is 0 Å². The van der Waals surface area contributed by atoms with Gasteiger partial charge in [0.05, 0.1) is 11.6 Å². The lowest BCUT2D eigenvalue weighted by molar-refractivity contribution is -0.132. The first-order valence-electron chi connectivity index (χ1n) is 9.58. The van der Waals surface area contributed by atoms with Crippen molar-refractivity contribution in [3.63, 3.8) is 0 Å². The van der Waals surface area contributed by atoms with Gasteiger partial charge in [-0.3, -0.25) is 14.5 Å². The van der Waals surface area contributed by atoms with Crippen LogP contribution in [0.1, 0.15) is 28.3 Å². The van der Waals surface area contributed by atoms with Crippen LogP contribution in [0, 0.1) is 19.7 Å². The summed E-state index contributed by atoms with van der Waals surface area (Å²) in [7, 11) is 0. The standard InChI is InChI=1S/C25H20FNO3/c1-15-11-13-17(14-12-15)23(28)21-22(18-8-4-5-9-19(18)26)27(25(30)24(21)29)20-10-6-3-7-16(20)2/h3-14,22,28H,1-2H3/b23-21+. The van der Waals surface area contributed by atoms with E-state index in [-0.39, 0.29) is 16.9 Å². The summed E-state index contributed by atoms with van der Waals surface area (Å²) in [6.45, 7) is 3.72. The minimum absolute atomic E-state index is 0.128. The molecule has 1 unspecified atom stereocenters. The molecule has 3 aromatic carbocycles. The quantitative estimate of drug-likeness (QED) is 0.379. The van der Waals surface area contributed by atoms with Gasteiger partial charge in [-0.25, -0.2) is 4.39 Å². The summed E-state index contributed by atoms with van der Waals surface area (Å²) < 4.78 is 14.8. The van der Waals surface area contributed by atoms with Crippen molar-refractivity contribution in [1.29, 1.82) is 0 Å². The first-order chi connectivity index (χ1) is 14.4. The zero-order valence-electron chi connectivity index (χ0n) is 16.6. The highest BCUT2D eigenvalue weighted by Crippen LogP contribution is 2.43. The Labute approximate surface area is 173 Å². The summed E-state index contributed by atoms with van der Waals surface area (Å²) in [5.41, 5.74) is 2.65. The predicted molar refractivity (Wildman–Crippen MR) is 114 cm³/mol. The number of amides is 1. The van der Waals surface area contributed by atoms with Crippen molar-refractivity contribution >= 4 is 23.1 Å². The van der Waals surface area contributed by atoms with Crippen LogP contribution >= 0.6 is 0 Å². The van der Waals surface area contributed by atoms with Crippen molar-refractivity contribution in [2.75, 3.05) is 4.90 Å². The summed E-state index contributed by atoms with van der Waals surface area (Å²) in [5, 5.41) is 11.0.